The zero-order valence-corrected chi connectivity index (χ0v) is 15.4. The van der Waals surface area contributed by atoms with Gasteiger partial charge in [-0.1, -0.05) is 24.3 Å². The molecule has 0 fully saturated rings. The molecule has 3 aromatic rings. The molecule has 0 unspecified atom stereocenters. The van der Waals surface area contributed by atoms with Crippen LogP contribution in [0.25, 0.3) is 11.4 Å². The lowest BCUT2D eigenvalue weighted by Crippen LogP contribution is -2.43. The number of carbonyl (C=O) groups excluding carboxylic acids is 3. The number of nitrogens with one attached hydrogen (secondary N) is 3. The van der Waals surface area contributed by atoms with Crippen molar-refractivity contribution in [3.63, 3.8) is 0 Å². The molecule has 0 spiro atoms. The van der Waals surface area contributed by atoms with Gasteiger partial charge in [-0.25, -0.2) is 0 Å². The molecular formula is C19H17N7O3. The summed E-state index contributed by atoms with van der Waals surface area (Å²) in [5.74, 6) is -0.846. The quantitative estimate of drug-likeness (QED) is 0.607. The van der Waals surface area contributed by atoms with Gasteiger partial charge in [0.1, 0.15) is 6.04 Å². The van der Waals surface area contributed by atoms with E-state index in [2.05, 4.69) is 31.4 Å². The van der Waals surface area contributed by atoms with E-state index in [4.69, 9.17) is 0 Å². The van der Waals surface area contributed by atoms with Gasteiger partial charge >= 0.3 is 0 Å². The van der Waals surface area contributed by atoms with Crippen molar-refractivity contribution < 1.29 is 14.4 Å². The second-order valence-electron chi connectivity index (χ2n) is 6.50. The van der Waals surface area contributed by atoms with Gasteiger partial charge in [0.15, 0.2) is 0 Å². The van der Waals surface area contributed by atoms with Crippen molar-refractivity contribution in [2.75, 3.05) is 10.6 Å². The zero-order valence-electron chi connectivity index (χ0n) is 15.4. The second-order valence-corrected chi connectivity index (χ2v) is 6.50. The number of hydrogen-bond acceptors (Lipinski definition) is 6. The van der Waals surface area contributed by atoms with E-state index < -0.39 is 23.8 Å². The monoisotopic (exact) mass is 391 g/mol. The van der Waals surface area contributed by atoms with Crippen LogP contribution in [-0.4, -0.2) is 44.0 Å². The van der Waals surface area contributed by atoms with Gasteiger partial charge < -0.3 is 16.0 Å². The van der Waals surface area contributed by atoms with Crippen LogP contribution in [0.15, 0.2) is 48.5 Å². The molecule has 0 radical (unpaired) electrons. The molecule has 0 saturated heterocycles. The van der Waals surface area contributed by atoms with Crippen LogP contribution >= 0.6 is 0 Å². The number of para-hydroxylation sites is 1. The molecule has 1 aliphatic heterocycles. The van der Waals surface area contributed by atoms with Gasteiger partial charge in [-0.2, -0.15) is 4.80 Å². The minimum Gasteiger partial charge on any atom is -0.340 e. The largest absolute Gasteiger partial charge is 0.340 e. The number of anilines is 2. The predicted molar refractivity (Wildman–Crippen MR) is 104 cm³/mol. The van der Waals surface area contributed by atoms with E-state index in [0.717, 1.165) is 0 Å². The summed E-state index contributed by atoms with van der Waals surface area (Å²) >= 11 is 0. The van der Waals surface area contributed by atoms with Crippen molar-refractivity contribution in [3.05, 3.63) is 54.1 Å². The van der Waals surface area contributed by atoms with Crippen molar-refractivity contribution >= 4 is 29.1 Å². The van der Waals surface area contributed by atoms with Crippen molar-refractivity contribution in [2.24, 2.45) is 7.05 Å². The standard InChI is InChI=1S/C19H17N7O3/c1-26-24-17(23-25-26)11-5-4-6-12(9-11)20-16(27)10-15-19(29)21-14-8-3-2-7-13(14)18(28)22-15/h2-9,15H,10H2,1H3,(H,20,27)(H,21,29)(H,22,28)/t15-/m0/s1. The van der Waals surface area contributed by atoms with Crippen LogP contribution in [0.2, 0.25) is 0 Å². The van der Waals surface area contributed by atoms with Gasteiger partial charge in [-0.3, -0.25) is 14.4 Å². The first-order chi connectivity index (χ1) is 14.0. The summed E-state index contributed by atoms with van der Waals surface area (Å²) in [7, 11) is 1.66. The van der Waals surface area contributed by atoms with Crippen LogP contribution in [0.3, 0.4) is 0 Å². The molecule has 4 rings (SSSR count). The number of aryl methyl sites for hydroxylation is 1. The minimum atomic E-state index is -0.986. The molecule has 3 N–H and O–H groups in total. The van der Waals surface area contributed by atoms with Crippen molar-refractivity contribution in [1.82, 2.24) is 25.5 Å². The molecule has 29 heavy (non-hydrogen) atoms. The molecular weight excluding hydrogens is 374 g/mol. The Kier molecular flexibility index (Phi) is 4.73. The van der Waals surface area contributed by atoms with Crippen LogP contribution in [0, 0.1) is 0 Å². The molecule has 2 heterocycles. The highest BCUT2D eigenvalue weighted by atomic mass is 16.2. The Morgan fingerprint density at radius 1 is 1.17 bits per heavy atom. The summed E-state index contributed by atoms with van der Waals surface area (Å²) in [6, 6.07) is 12.6. The Hall–Kier alpha value is -4.08. The highest BCUT2D eigenvalue weighted by molar-refractivity contribution is 6.11. The number of carbonyl (C=O) groups is 3. The van der Waals surface area contributed by atoms with Crippen molar-refractivity contribution in [1.29, 1.82) is 0 Å². The molecule has 1 atom stereocenters. The molecule has 2 aromatic carbocycles. The SMILES string of the molecule is Cn1nnc(-c2cccc(NC(=O)C[C@@H]3NC(=O)c4ccccc4NC3=O)c2)n1. The number of hydrogen-bond donors (Lipinski definition) is 3. The van der Waals surface area contributed by atoms with Gasteiger partial charge in [0, 0.05) is 11.3 Å². The van der Waals surface area contributed by atoms with E-state index in [1.807, 2.05) is 0 Å². The lowest BCUT2D eigenvalue weighted by Gasteiger charge is -2.14. The maximum atomic E-state index is 12.5. The Morgan fingerprint density at radius 3 is 2.79 bits per heavy atom. The van der Waals surface area contributed by atoms with E-state index in [9.17, 15) is 14.4 Å². The average Bonchev–Trinajstić information content (AvgIpc) is 3.09. The first-order valence-corrected chi connectivity index (χ1v) is 8.84. The maximum Gasteiger partial charge on any atom is 0.254 e. The number of aromatic nitrogens is 4. The summed E-state index contributed by atoms with van der Waals surface area (Å²) in [6.07, 6.45) is -0.209. The number of amides is 3. The van der Waals surface area contributed by atoms with Crippen molar-refractivity contribution in [3.8, 4) is 11.4 Å². The Morgan fingerprint density at radius 2 is 2.00 bits per heavy atom. The fourth-order valence-corrected chi connectivity index (χ4v) is 2.99. The molecule has 10 heteroatoms. The summed E-state index contributed by atoms with van der Waals surface area (Å²) in [5, 5.41) is 19.9. The fourth-order valence-electron chi connectivity index (χ4n) is 2.99. The van der Waals surface area contributed by atoms with Crippen LogP contribution in [0.4, 0.5) is 11.4 Å². The Bertz CT molecular complexity index is 1110. The number of fused-ring (bicyclic) bond motifs is 1. The van der Waals surface area contributed by atoms with E-state index in [-0.39, 0.29) is 6.42 Å². The first kappa shape index (κ1) is 18.3. The molecule has 0 bridgehead atoms. The zero-order chi connectivity index (χ0) is 20.4. The number of benzene rings is 2. The normalized spacial score (nSPS) is 15.7. The minimum absolute atomic E-state index is 0.209. The van der Waals surface area contributed by atoms with Gasteiger partial charge in [0.2, 0.25) is 17.6 Å². The maximum absolute atomic E-state index is 12.5. The molecule has 3 amide bonds. The summed E-state index contributed by atoms with van der Waals surface area (Å²) < 4.78 is 0. The Balaban J connectivity index is 1.45. The second kappa shape index (κ2) is 7.50. The number of tetrazole rings is 1. The topological polar surface area (TPSA) is 131 Å². The molecule has 1 aliphatic rings. The van der Waals surface area contributed by atoms with Gasteiger partial charge in [0.05, 0.1) is 24.7 Å². The van der Waals surface area contributed by atoms with E-state index in [1.54, 1.807) is 55.6 Å². The van der Waals surface area contributed by atoms with E-state index >= 15 is 0 Å². The molecule has 1 aromatic heterocycles. The summed E-state index contributed by atoms with van der Waals surface area (Å²) in [4.78, 5) is 38.6. The van der Waals surface area contributed by atoms with Gasteiger partial charge in [0.25, 0.3) is 5.91 Å². The van der Waals surface area contributed by atoms with Gasteiger partial charge in [-0.05, 0) is 29.5 Å². The molecule has 0 saturated carbocycles. The third-order valence-corrected chi connectivity index (χ3v) is 4.35. The lowest BCUT2D eigenvalue weighted by molar-refractivity contribution is -0.122. The molecule has 146 valence electrons. The third-order valence-electron chi connectivity index (χ3n) is 4.35. The Labute approximate surface area is 165 Å². The van der Waals surface area contributed by atoms with Crippen molar-refractivity contribution in [2.45, 2.75) is 12.5 Å². The highest BCUT2D eigenvalue weighted by Crippen LogP contribution is 2.20. The summed E-state index contributed by atoms with van der Waals surface area (Å²) in [5.41, 5.74) is 1.98. The average molecular weight is 391 g/mol. The van der Waals surface area contributed by atoms with E-state index in [1.165, 1.54) is 4.80 Å². The fraction of sp³-hybridized carbons (Fsp3) is 0.158. The number of nitrogens with zero attached hydrogens (tertiary/aromatic N) is 4. The van der Waals surface area contributed by atoms with Crippen LogP contribution < -0.4 is 16.0 Å². The third kappa shape index (κ3) is 3.95. The highest BCUT2D eigenvalue weighted by Gasteiger charge is 2.29. The van der Waals surface area contributed by atoms with Crippen LogP contribution in [0.1, 0.15) is 16.8 Å². The molecule has 10 nitrogen and oxygen atoms in total. The smallest absolute Gasteiger partial charge is 0.254 e. The lowest BCUT2D eigenvalue weighted by atomic mass is 10.1. The van der Waals surface area contributed by atoms with Crippen LogP contribution in [-0.2, 0) is 16.6 Å². The predicted octanol–water partition coefficient (Wildman–Crippen LogP) is 0.956. The first-order valence-electron chi connectivity index (χ1n) is 8.84. The van der Waals surface area contributed by atoms with Gasteiger partial charge in [-0.15, -0.1) is 10.2 Å². The molecule has 0 aliphatic carbocycles. The van der Waals surface area contributed by atoms with E-state index in [0.29, 0.717) is 28.3 Å². The summed E-state index contributed by atoms with van der Waals surface area (Å²) in [6.45, 7) is 0. The van der Waals surface area contributed by atoms with Crippen LogP contribution in [0.5, 0.6) is 0 Å². The number of rotatable bonds is 4.